The SMILES string of the molecule is CCOc1ccccc1-c1cc([N+](=O)[O-])cc(NC)n1. The van der Waals surface area contributed by atoms with Gasteiger partial charge in [0.1, 0.15) is 11.6 Å². The molecule has 2 rings (SSSR count). The molecule has 0 spiro atoms. The van der Waals surface area contributed by atoms with Crippen LogP contribution in [0.4, 0.5) is 11.5 Å². The zero-order valence-corrected chi connectivity index (χ0v) is 11.3. The first-order chi connectivity index (χ1) is 9.65. The van der Waals surface area contributed by atoms with Crippen LogP contribution in [0.25, 0.3) is 11.3 Å². The van der Waals surface area contributed by atoms with Gasteiger partial charge in [0.15, 0.2) is 0 Å². The lowest BCUT2D eigenvalue weighted by molar-refractivity contribution is -0.384. The number of pyridine rings is 1. The summed E-state index contributed by atoms with van der Waals surface area (Å²) >= 11 is 0. The van der Waals surface area contributed by atoms with E-state index in [4.69, 9.17) is 4.74 Å². The van der Waals surface area contributed by atoms with Gasteiger partial charge in [-0.1, -0.05) is 12.1 Å². The molecule has 1 aromatic carbocycles. The first kappa shape index (κ1) is 13.8. The Hall–Kier alpha value is -2.63. The van der Waals surface area contributed by atoms with Gasteiger partial charge in [0.2, 0.25) is 0 Å². The third-order valence-electron chi connectivity index (χ3n) is 2.74. The average Bonchev–Trinajstić information content (AvgIpc) is 2.47. The summed E-state index contributed by atoms with van der Waals surface area (Å²) in [5.41, 5.74) is 1.23. The van der Waals surface area contributed by atoms with Crippen molar-refractivity contribution in [3.8, 4) is 17.0 Å². The van der Waals surface area contributed by atoms with Crippen molar-refractivity contribution in [1.29, 1.82) is 0 Å². The molecule has 0 unspecified atom stereocenters. The van der Waals surface area contributed by atoms with Gasteiger partial charge in [-0.2, -0.15) is 0 Å². The largest absolute Gasteiger partial charge is 0.493 e. The smallest absolute Gasteiger partial charge is 0.275 e. The van der Waals surface area contributed by atoms with Gasteiger partial charge in [-0.15, -0.1) is 0 Å². The number of nitro groups is 1. The fraction of sp³-hybridized carbons (Fsp3) is 0.214. The van der Waals surface area contributed by atoms with Gasteiger partial charge >= 0.3 is 0 Å². The van der Waals surface area contributed by atoms with Crippen molar-refractivity contribution in [2.24, 2.45) is 0 Å². The van der Waals surface area contributed by atoms with Crippen molar-refractivity contribution in [1.82, 2.24) is 4.98 Å². The first-order valence-electron chi connectivity index (χ1n) is 6.22. The van der Waals surface area contributed by atoms with Crippen LogP contribution in [0, 0.1) is 10.1 Å². The summed E-state index contributed by atoms with van der Waals surface area (Å²) in [7, 11) is 1.67. The Morgan fingerprint density at radius 2 is 2.10 bits per heavy atom. The Bertz CT molecular complexity index is 629. The van der Waals surface area contributed by atoms with Crippen LogP contribution in [-0.4, -0.2) is 23.6 Å². The fourth-order valence-electron chi connectivity index (χ4n) is 1.85. The van der Waals surface area contributed by atoms with E-state index in [1.165, 1.54) is 12.1 Å². The summed E-state index contributed by atoms with van der Waals surface area (Å²) < 4.78 is 5.54. The number of hydrogen-bond donors (Lipinski definition) is 1. The number of ether oxygens (including phenoxy) is 1. The third-order valence-corrected chi connectivity index (χ3v) is 2.74. The van der Waals surface area contributed by atoms with Crippen LogP contribution < -0.4 is 10.1 Å². The number of rotatable bonds is 5. The lowest BCUT2D eigenvalue weighted by Crippen LogP contribution is -1.99. The van der Waals surface area contributed by atoms with Crippen LogP contribution in [-0.2, 0) is 0 Å². The molecule has 0 saturated heterocycles. The summed E-state index contributed by atoms with van der Waals surface area (Å²) in [6.07, 6.45) is 0. The maximum Gasteiger partial charge on any atom is 0.275 e. The van der Waals surface area contributed by atoms with Crippen LogP contribution in [0.2, 0.25) is 0 Å². The van der Waals surface area contributed by atoms with Crippen LogP contribution >= 0.6 is 0 Å². The number of aromatic nitrogens is 1. The first-order valence-corrected chi connectivity index (χ1v) is 6.22. The second-order valence-electron chi connectivity index (χ2n) is 4.03. The normalized spacial score (nSPS) is 10.1. The molecular weight excluding hydrogens is 258 g/mol. The molecule has 1 aromatic heterocycles. The molecule has 0 fully saturated rings. The molecule has 1 heterocycles. The molecule has 2 aromatic rings. The Balaban J connectivity index is 2.57. The highest BCUT2D eigenvalue weighted by atomic mass is 16.6. The summed E-state index contributed by atoms with van der Waals surface area (Å²) in [6.45, 7) is 2.40. The number of anilines is 1. The van der Waals surface area contributed by atoms with Gasteiger partial charge in [-0.3, -0.25) is 10.1 Å². The second-order valence-corrected chi connectivity index (χ2v) is 4.03. The predicted molar refractivity (Wildman–Crippen MR) is 77.0 cm³/mol. The number of para-hydroxylation sites is 1. The van der Waals surface area contributed by atoms with Gasteiger partial charge in [0.25, 0.3) is 5.69 Å². The Kier molecular flexibility index (Phi) is 4.14. The maximum atomic E-state index is 11.0. The molecule has 104 valence electrons. The van der Waals surface area contributed by atoms with Crippen LogP contribution in [0.3, 0.4) is 0 Å². The monoisotopic (exact) mass is 273 g/mol. The van der Waals surface area contributed by atoms with E-state index in [1.807, 2.05) is 31.2 Å². The summed E-state index contributed by atoms with van der Waals surface area (Å²) in [6, 6.07) is 10.2. The van der Waals surface area contributed by atoms with Crippen molar-refractivity contribution >= 4 is 11.5 Å². The van der Waals surface area contributed by atoms with Gasteiger partial charge in [-0.25, -0.2) is 4.98 Å². The third kappa shape index (κ3) is 2.85. The molecule has 0 bridgehead atoms. The molecule has 0 saturated carbocycles. The maximum absolute atomic E-state index is 11.0. The van der Waals surface area contributed by atoms with Crippen LogP contribution in [0.15, 0.2) is 36.4 Å². The van der Waals surface area contributed by atoms with Gasteiger partial charge in [-0.05, 0) is 19.1 Å². The lowest BCUT2D eigenvalue weighted by atomic mass is 10.1. The van der Waals surface area contributed by atoms with Crippen molar-refractivity contribution in [2.75, 3.05) is 19.0 Å². The molecule has 0 aliphatic carbocycles. The summed E-state index contributed by atoms with van der Waals surface area (Å²) in [4.78, 5) is 14.9. The van der Waals surface area contributed by atoms with E-state index in [0.29, 0.717) is 23.9 Å². The number of nitrogens with one attached hydrogen (secondary N) is 1. The Morgan fingerprint density at radius 1 is 1.35 bits per heavy atom. The fourth-order valence-corrected chi connectivity index (χ4v) is 1.85. The minimum Gasteiger partial charge on any atom is -0.493 e. The van der Waals surface area contributed by atoms with E-state index in [9.17, 15) is 10.1 Å². The molecule has 20 heavy (non-hydrogen) atoms. The van der Waals surface area contributed by atoms with E-state index in [0.717, 1.165) is 5.56 Å². The number of nitrogens with zero attached hydrogens (tertiary/aromatic N) is 2. The van der Waals surface area contributed by atoms with Gasteiger partial charge in [0.05, 0.1) is 23.3 Å². The quantitative estimate of drug-likeness (QED) is 0.669. The highest BCUT2D eigenvalue weighted by Gasteiger charge is 2.14. The average molecular weight is 273 g/mol. The van der Waals surface area contributed by atoms with Crippen molar-refractivity contribution < 1.29 is 9.66 Å². The standard InChI is InChI=1S/C14H15N3O3/c1-3-20-13-7-5-4-6-11(13)12-8-10(17(18)19)9-14(15-2)16-12/h4-9H,3H2,1-2H3,(H,15,16). The number of benzene rings is 1. The van der Waals surface area contributed by atoms with Crippen LogP contribution in [0.5, 0.6) is 5.75 Å². The topological polar surface area (TPSA) is 77.3 Å². The van der Waals surface area contributed by atoms with E-state index < -0.39 is 4.92 Å². The van der Waals surface area contributed by atoms with Crippen molar-refractivity contribution in [2.45, 2.75) is 6.92 Å². The molecule has 0 atom stereocenters. The van der Waals surface area contributed by atoms with Crippen LogP contribution in [0.1, 0.15) is 6.92 Å². The lowest BCUT2D eigenvalue weighted by Gasteiger charge is -2.10. The highest BCUT2D eigenvalue weighted by molar-refractivity contribution is 5.70. The molecule has 6 heteroatoms. The van der Waals surface area contributed by atoms with Gasteiger partial charge < -0.3 is 10.1 Å². The molecule has 0 amide bonds. The predicted octanol–water partition coefficient (Wildman–Crippen LogP) is 3.10. The molecule has 1 N–H and O–H groups in total. The molecule has 0 aliphatic rings. The Morgan fingerprint density at radius 3 is 2.75 bits per heavy atom. The Labute approximate surface area is 116 Å². The minimum absolute atomic E-state index is 0.00866. The minimum atomic E-state index is -0.435. The zero-order chi connectivity index (χ0) is 14.5. The highest BCUT2D eigenvalue weighted by Crippen LogP contribution is 2.31. The summed E-state index contributed by atoms with van der Waals surface area (Å²) in [5, 5.41) is 13.8. The molecular formula is C14H15N3O3. The molecule has 6 nitrogen and oxygen atoms in total. The van der Waals surface area contributed by atoms with E-state index in [1.54, 1.807) is 7.05 Å². The summed E-state index contributed by atoms with van der Waals surface area (Å²) in [5.74, 6) is 1.10. The van der Waals surface area contributed by atoms with Crippen molar-refractivity contribution in [3.63, 3.8) is 0 Å². The van der Waals surface area contributed by atoms with E-state index in [2.05, 4.69) is 10.3 Å². The van der Waals surface area contributed by atoms with E-state index >= 15 is 0 Å². The van der Waals surface area contributed by atoms with Gasteiger partial charge in [0, 0.05) is 18.7 Å². The molecule has 0 radical (unpaired) electrons. The zero-order valence-electron chi connectivity index (χ0n) is 11.3. The van der Waals surface area contributed by atoms with Crippen molar-refractivity contribution in [3.05, 3.63) is 46.5 Å². The van der Waals surface area contributed by atoms with E-state index in [-0.39, 0.29) is 5.69 Å². The second kappa shape index (κ2) is 6.01. The molecule has 0 aliphatic heterocycles. The number of hydrogen-bond acceptors (Lipinski definition) is 5.